The summed E-state index contributed by atoms with van der Waals surface area (Å²) in [5.74, 6) is 1.80. The number of guanidine groups is 1. The third-order valence-electron chi connectivity index (χ3n) is 3.83. The van der Waals surface area contributed by atoms with Gasteiger partial charge in [0.15, 0.2) is 5.96 Å². The van der Waals surface area contributed by atoms with Crippen LogP contribution in [0.3, 0.4) is 0 Å². The summed E-state index contributed by atoms with van der Waals surface area (Å²) in [6.07, 6.45) is 2.13. The van der Waals surface area contributed by atoms with Crippen LogP contribution in [-0.2, 0) is 14.3 Å². The molecule has 0 spiro atoms. The molecular formula is C17H35IN4O3. The van der Waals surface area contributed by atoms with E-state index in [0.29, 0.717) is 30.9 Å². The van der Waals surface area contributed by atoms with Gasteiger partial charge in [-0.3, -0.25) is 4.79 Å². The lowest BCUT2D eigenvalue weighted by Crippen LogP contribution is -2.42. The van der Waals surface area contributed by atoms with Gasteiger partial charge in [-0.2, -0.15) is 0 Å². The normalized spacial score (nSPS) is 17.3. The molecule has 0 aromatic rings. The van der Waals surface area contributed by atoms with Crippen molar-refractivity contribution in [1.82, 2.24) is 15.5 Å². The van der Waals surface area contributed by atoms with Crippen molar-refractivity contribution in [2.75, 3.05) is 60.2 Å². The Labute approximate surface area is 169 Å². The quantitative estimate of drug-likeness (QED) is 0.218. The van der Waals surface area contributed by atoms with Crippen LogP contribution in [0.5, 0.6) is 0 Å². The Morgan fingerprint density at radius 3 is 2.68 bits per heavy atom. The van der Waals surface area contributed by atoms with Crippen molar-refractivity contribution in [2.24, 2.45) is 16.8 Å². The average molecular weight is 470 g/mol. The number of nitrogens with one attached hydrogen (secondary N) is 2. The van der Waals surface area contributed by atoms with Gasteiger partial charge in [0.2, 0.25) is 5.91 Å². The number of carbonyl (C=O) groups is 1. The van der Waals surface area contributed by atoms with Gasteiger partial charge >= 0.3 is 0 Å². The molecule has 148 valence electrons. The van der Waals surface area contributed by atoms with Crippen LogP contribution in [0.1, 0.15) is 26.7 Å². The predicted molar refractivity (Wildman–Crippen MR) is 112 cm³/mol. The molecule has 0 bridgehead atoms. The summed E-state index contributed by atoms with van der Waals surface area (Å²) in [6.45, 7) is 8.99. The second kappa shape index (κ2) is 14.5. The van der Waals surface area contributed by atoms with Crippen LogP contribution >= 0.6 is 24.0 Å². The van der Waals surface area contributed by atoms with Crippen LogP contribution in [0.4, 0.5) is 0 Å². The van der Waals surface area contributed by atoms with E-state index in [2.05, 4.69) is 29.5 Å². The van der Waals surface area contributed by atoms with E-state index >= 15 is 0 Å². The lowest BCUT2D eigenvalue weighted by molar-refractivity contribution is -0.127. The minimum absolute atomic E-state index is 0. The van der Waals surface area contributed by atoms with E-state index in [1.165, 1.54) is 0 Å². The molecule has 1 saturated heterocycles. The first kappa shape index (κ1) is 24.4. The molecule has 0 aliphatic carbocycles. The van der Waals surface area contributed by atoms with Crippen LogP contribution in [-0.4, -0.2) is 76.9 Å². The number of likely N-dealkylation sites (N-methyl/N-ethyl adjacent to an activating group) is 1. The second-order valence-electron chi connectivity index (χ2n) is 6.79. The summed E-state index contributed by atoms with van der Waals surface area (Å²) < 4.78 is 11.0. The highest BCUT2D eigenvalue weighted by Gasteiger charge is 2.15. The van der Waals surface area contributed by atoms with Gasteiger partial charge in [0.25, 0.3) is 0 Å². The molecule has 1 unspecified atom stereocenters. The molecule has 1 heterocycles. The lowest BCUT2D eigenvalue weighted by atomic mass is 10.1. The SMILES string of the molecule is CC(C)CCOCCNC(=NCC(=O)N(C)C)NCC1CCOC1.I. The highest BCUT2D eigenvalue weighted by Crippen LogP contribution is 2.10. The molecule has 25 heavy (non-hydrogen) atoms. The maximum atomic E-state index is 11.7. The minimum Gasteiger partial charge on any atom is -0.381 e. The molecular weight excluding hydrogens is 435 g/mol. The van der Waals surface area contributed by atoms with Gasteiger partial charge < -0.3 is 25.0 Å². The van der Waals surface area contributed by atoms with Crippen LogP contribution < -0.4 is 10.6 Å². The van der Waals surface area contributed by atoms with Gasteiger partial charge in [-0.05, 0) is 18.8 Å². The molecule has 1 atom stereocenters. The van der Waals surface area contributed by atoms with E-state index in [0.717, 1.165) is 39.2 Å². The first-order valence-corrected chi connectivity index (χ1v) is 8.87. The average Bonchev–Trinajstić information content (AvgIpc) is 3.05. The number of amides is 1. The number of halogens is 1. The standard InChI is InChI=1S/C17H34N4O3.HI/c1-14(2)5-8-23-10-7-18-17(20-12-16(22)21(3)4)19-11-15-6-9-24-13-15;/h14-15H,5-13H2,1-4H3,(H2,18,19,20);1H. The Morgan fingerprint density at radius 1 is 1.32 bits per heavy atom. The van der Waals surface area contributed by atoms with Crippen molar-refractivity contribution in [3.05, 3.63) is 0 Å². The maximum absolute atomic E-state index is 11.7. The van der Waals surface area contributed by atoms with E-state index in [1.807, 2.05) is 0 Å². The smallest absolute Gasteiger partial charge is 0.243 e. The van der Waals surface area contributed by atoms with Crippen LogP contribution in [0.15, 0.2) is 4.99 Å². The van der Waals surface area contributed by atoms with E-state index < -0.39 is 0 Å². The third kappa shape index (κ3) is 12.4. The first-order valence-electron chi connectivity index (χ1n) is 8.87. The van der Waals surface area contributed by atoms with E-state index in [-0.39, 0.29) is 36.4 Å². The molecule has 0 saturated carbocycles. The number of nitrogens with zero attached hydrogens (tertiary/aromatic N) is 2. The molecule has 7 nitrogen and oxygen atoms in total. The zero-order valence-electron chi connectivity index (χ0n) is 16.0. The van der Waals surface area contributed by atoms with E-state index in [1.54, 1.807) is 19.0 Å². The highest BCUT2D eigenvalue weighted by atomic mass is 127. The molecule has 2 N–H and O–H groups in total. The number of hydrogen-bond acceptors (Lipinski definition) is 4. The fraction of sp³-hybridized carbons (Fsp3) is 0.882. The molecule has 8 heteroatoms. The number of rotatable bonds is 10. The summed E-state index contributed by atoms with van der Waals surface area (Å²) >= 11 is 0. The van der Waals surface area contributed by atoms with Crippen molar-refractivity contribution < 1.29 is 14.3 Å². The van der Waals surface area contributed by atoms with Gasteiger partial charge in [0.1, 0.15) is 6.54 Å². The van der Waals surface area contributed by atoms with Gasteiger partial charge in [-0.1, -0.05) is 13.8 Å². The summed E-state index contributed by atoms with van der Waals surface area (Å²) in [5, 5.41) is 6.53. The monoisotopic (exact) mass is 470 g/mol. The van der Waals surface area contributed by atoms with Crippen molar-refractivity contribution in [3.63, 3.8) is 0 Å². The summed E-state index contributed by atoms with van der Waals surface area (Å²) in [4.78, 5) is 17.6. The Morgan fingerprint density at radius 2 is 2.08 bits per heavy atom. The second-order valence-corrected chi connectivity index (χ2v) is 6.79. The fourth-order valence-corrected chi connectivity index (χ4v) is 2.11. The van der Waals surface area contributed by atoms with Gasteiger partial charge in [0, 0.05) is 46.3 Å². The van der Waals surface area contributed by atoms with Crippen molar-refractivity contribution in [1.29, 1.82) is 0 Å². The molecule has 1 amide bonds. The van der Waals surface area contributed by atoms with Crippen LogP contribution in [0.2, 0.25) is 0 Å². The number of hydrogen-bond donors (Lipinski definition) is 2. The number of ether oxygens (including phenoxy) is 2. The molecule has 1 rings (SSSR count). The predicted octanol–water partition coefficient (Wildman–Crippen LogP) is 1.33. The zero-order valence-corrected chi connectivity index (χ0v) is 18.4. The summed E-state index contributed by atoms with van der Waals surface area (Å²) in [6, 6.07) is 0. The molecule has 1 aliphatic rings. The Bertz CT molecular complexity index is 386. The van der Waals surface area contributed by atoms with Gasteiger partial charge in [-0.25, -0.2) is 4.99 Å². The Hall–Kier alpha value is -0.610. The molecule has 1 aliphatic heterocycles. The van der Waals surface area contributed by atoms with Gasteiger partial charge in [0.05, 0.1) is 13.2 Å². The summed E-state index contributed by atoms with van der Waals surface area (Å²) in [5.41, 5.74) is 0. The Balaban J connectivity index is 0.00000576. The number of aliphatic imine (C=N–C) groups is 1. The zero-order chi connectivity index (χ0) is 17.8. The highest BCUT2D eigenvalue weighted by molar-refractivity contribution is 14.0. The van der Waals surface area contributed by atoms with Crippen molar-refractivity contribution >= 4 is 35.8 Å². The minimum atomic E-state index is -0.0199. The molecule has 1 fully saturated rings. The Kier molecular flexibility index (Phi) is 14.2. The molecule has 0 aromatic heterocycles. The lowest BCUT2D eigenvalue weighted by Gasteiger charge is -2.16. The molecule has 0 radical (unpaired) electrons. The topological polar surface area (TPSA) is 75.2 Å². The van der Waals surface area contributed by atoms with Crippen molar-refractivity contribution in [2.45, 2.75) is 26.7 Å². The van der Waals surface area contributed by atoms with E-state index in [9.17, 15) is 4.79 Å². The van der Waals surface area contributed by atoms with E-state index in [4.69, 9.17) is 9.47 Å². The van der Waals surface area contributed by atoms with Crippen LogP contribution in [0.25, 0.3) is 0 Å². The van der Waals surface area contributed by atoms with Crippen LogP contribution in [0, 0.1) is 11.8 Å². The maximum Gasteiger partial charge on any atom is 0.243 e. The number of carbonyl (C=O) groups excluding carboxylic acids is 1. The van der Waals surface area contributed by atoms with Crippen molar-refractivity contribution in [3.8, 4) is 0 Å². The largest absolute Gasteiger partial charge is 0.381 e. The third-order valence-corrected chi connectivity index (χ3v) is 3.83. The summed E-state index contributed by atoms with van der Waals surface area (Å²) in [7, 11) is 3.47. The first-order chi connectivity index (χ1) is 11.5. The fourth-order valence-electron chi connectivity index (χ4n) is 2.11. The molecule has 0 aromatic carbocycles. The van der Waals surface area contributed by atoms with Gasteiger partial charge in [-0.15, -0.1) is 24.0 Å².